The summed E-state index contributed by atoms with van der Waals surface area (Å²) >= 11 is 0. The summed E-state index contributed by atoms with van der Waals surface area (Å²) in [7, 11) is 0. The second-order valence-electron chi connectivity index (χ2n) is 7.16. The van der Waals surface area contributed by atoms with Crippen molar-refractivity contribution in [1.29, 1.82) is 0 Å². The Bertz CT molecular complexity index is 559. The zero-order valence-corrected chi connectivity index (χ0v) is 13.3. The van der Waals surface area contributed by atoms with Gasteiger partial charge in [0, 0.05) is 12.0 Å². The van der Waals surface area contributed by atoms with E-state index in [1.54, 1.807) is 0 Å². The smallest absolute Gasteiger partial charge is 0.249 e. The lowest BCUT2D eigenvalue weighted by atomic mass is 9.90. The van der Waals surface area contributed by atoms with Crippen LogP contribution in [0.2, 0.25) is 0 Å². The van der Waals surface area contributed by atoms with E-state index in [0.29, 0.717) is 18.5 Å². The Morgan fingerprint density at radius 3 is 2.65 bits per heavy atom. The van der Waals surface area contributed by atoms with Crippen LogP contribution in [0.15, 0.2) is 4.52 Å². The fourth-order valence-electron chi connectivity index (χ4n) is 3.18. The zero-order valence-electron chi connectivity index (χ0n) is 13.3. The molecule has 1 aromatic rings. The summed E-state index contributed by atoms with van der Waals surface area (Å²) in [4.78, 5) is 18.7. The molecule has 3 fully saturated rings. The maximum Gasteiger partial charge on any atom is 0.249 e. The monoisotopic (exact) mass is 320 g/mol. The van der Waals surface area contributed by atoms with Crippen LogP contribution in [0.5, 0.6) is 0 Å². The van der Waals surface area contributed by atoms with Gasteiger partial charge in [-0.2, -0.15) is 4.98 Å². The number of carbonyl (C=O) groups is 1. The first-order chi connectivity index (χ1) is 11.2. The number of aliphatic hydroxyl groups excluding tert-OH is 1. The van der Waals surface area contributed by atoms with Gasteiger partial charge in [0.1, 0.15) is 6.10 Å². The van der Waals surface area contributed by atoms with Crippen molar-refractivity contribution in [2.45, 2.75) is 63.1 Å². The molecule has 0 radical (unpaired) electrons. The van der Waals surface area contributed by atoms with Crippen LogP contribution >= 0.6 is 0 Å². The molecule has 2 heterocycles. The van der Waals surface area contributed by atoms with Gasteiger partial charge in [0.2, 0.25) is 11.8 Å². The third kappa shape index (κ3) is 3.72. The second kappa shape index (κ2) is 6.20. The van der Waals surface area contributed by atoms with Crippen molar-refractivity contribution in [3.63, 3.8) is 0 Å². The third-order valence-electron chi connectivity index (χ3n) is 5.05. The van der Waals surface area contributed by atoms with Crippen LogP contribution in [0, 0.1) is 5.92 Å². The summed E-state index contributed by atoms with van der Waals surface area (Å²) in [5.74, 6) is 1.87. The Labute approximate surface area is 135 Å². The molecule has 1 amide bonds. The van der Waals surface area contributed by atoms with Crippen molar-refractivity contribution in [3.05, 3.63) is 11.7 Å². The molecular formula is C16H24N4O3. The maximum atomic E-state index is 11.9. The summed E-state index contributed by atoms with van der Waals surface area (Å²) in [6.07, 6.45) is 5.19. The highest BCUT2D eigenvalue weighted by Gasteiger charge is 2.33. The molecule has 23 heavy (non-hydrogen) atoms. The Balaban J connectivity index is 1.24. The van der Waals surface area contributed by atoms with Gasteiger partial charge in [-0.05, 0) is 57.5 Å². The highest BCUT2D eigenvalue weighted by molar-refractivity contribution is 5.81. The van der Waals surface area contributed by atoms with E-state index >= 15 is 0 Å². The highest BCUT2D eigenvalue weighted by atomic mass is 16.5. The standard InChI is InChI=1S/C16H24N4O3/c21-14(15(22)17-12-3-4-12)10-5-7-20(8-6-10)9-13-18-16(23-19-13)11-1-2-11/h10-12,14,21H,1-9H2,(H,17,22). The largest absolute Gasteiger partial charge is 0.383 e. The number of rotatable bonds is 6. The molecule has 4 rings (SSSR count). The van der Waals surface area contributed by atoms with Crippen LogP contribution < -0.4 is 5.32 Å². The zero-order chi connectivity index (χ0) is 15.8. The highest BCUT2D eigenvalue weighted by Crippen LogP contribution is 2.38. The summed E-state index contributed by atoms with van der Waals surface area (Å²) in [6, 6.07) is 0.302. The molecular weight excluding hydrogens is 296 g/mol. The van der Waals surface area contributed by atoms with Crippen LogP contribution in [0.4, 0.5) is 0 Å². The number of carbonyl (C=O) groups excluding carboxylic acids is 1. The minimum atomic E-state index is -0.871. The van der Waals surface area contributed by atoms with Gasteiger partial charge in [-0.3, -0.25) is 9.69 Å². The van der Waals surface area contributed by atoms with E-state index in [9.17, 15) is 9.90 Å². The van der Waals surface area contributed by atoms with E-state index in [4.69, 9.17) is 4.52 Å². The number of likely N-dealkylation sites (tertiary alicyclic amines) is 1. The fourth-order valence-corrected chi connectivity index (χ4v) is 3.18. The molecule has 0 spiro atoms. The average molecular weight is 320 g/mol. The third-order valence-corrected chi connectivity index (χ3v) is 5.05. The number of piperidine rings is 1. The topological polar surface area (TPSA) is 91.5 Å². The predicted octanol–water partition coefficient (Wildman–Crippen LogP) is 0.798. The van der Waals surface area contributed by atoms with E-state index in [2.05, 4.69) is 20.4 Å². The van der Waals surface area contributed by atoms with Gasteiger partial charge in [-0.15, -0.1) is 0 Å². The first-order valence-corrected chi connectivity index (χ1v) is 8.72. The van der Waals surface area contributed by atoms with Gasteiger partial charge in [0.15, 0.2) is 5.82 Å². The van der Waals surface area contributed by atoms with Gasteiger partial charge in [-0.25, -0.2) is 0 Å². The number of nitrogens with one attached hydrogen (secondary N) is 1. The normalized spacial score (nSPS) is 24.6. The van der Waals surface area contributed by atoms with Crippen molar-refractivity contribution >= 4 is 5.91 Å². The maximum absolute atomic E-state index is 11.9. The Morgan fingerprint density at radius 2 is 2.00 bits per heavy atom. The van der Waals surface area contributed by atoms with E-state index in [1.807, 2.05) is 0 Å². The molecule has 126 valence electrons. The van der Waals surface area contributed by atoms with Crippen LogP contribution in [-0.2, 0) is 11.3 Å². The van der Waals surface area contributed by atoms with Crippen molar-refractivity contribution in [3.8, 4) is 0 Å². The number of aliphatic hydroxyl groups is 1. The minimum absolute atomic E-state index is 0.0530. The number of hydrogen-bond acceptors (Lipinski definition) is 6. The molecule has 1 atom stereocenters. The lowest BCUT2D eigenvalue weighted by molar-refractivity contribution is -0.133. The van der Waals surface area contributed by atoms with Gasteiger partial charge in [0.05, 0.1) is 6.54 Å². The molecule has 1 saturated heterocycles. The van der Waals surface area contributed by atoms with Gasteiger partial charge < -0.3 is 14.9 Å². The summed E-state index contributed by atoms with van der Waals surface area (Å²) in [6.45, 7) is 2.39. The predicted molar refractivity (Wildman–Crippen MR) is 81.4 cm³/mol. The second-order valence-corrected chi connectivity index (χ2v) is 7.16. The summed E-state index contributed by atoms with van der Waals surface area (Å²) in [5, 5.41) is 17.1. The molecule has 1 unspecified atom stereocenters. The van der Waals surface area contributed by atoms with E-state index in [0.717, 1.165) is 63.3 Å². The first-order valence-electron chi connectivity index (χ1n) is 8.72. The molecule has 0 aromatic carbocycles. The van der Waals surface area contributed by atoms with E-state index < -0.39 is 6.10 Å². The molecule has 2 N–H and O–H groups in total. The molecule has 7 heteroatoms. The quantitative estimate of drug-likeness (QED) is 0.805. The van der Waals surface area contributed by atoms with E-state index in [-0.39, 0.29) is 11.8 Å². The SMILES string of the molecule is O=C(NC1CC1)C(O)C1CCN(Cc2noc(C3CC3)n2)CC1. The Morgan fingerprint density at radius 1 is 1.26 bits per heavy atom. The fraction of sp³-hybridized carbons (Fsp3) is 0.812. The first kappa shape index (κ1) is 15.1. The van der Waals surface area contributed by atoms with Crippen LogP contribution in [0.25, 0.3) is 0 Å². The van der Waals surface area contributed by atoms with Crippen LogP contribution in [-0.4, -0.2) is 51.3 Å². The van der Waals surface area contributed by atoms with Crippen molar-refractivity contribution in [2.24, 2.45) is 5.92 Å². The van der Waals surface area contributed by atoms with Crippen molar-refractivity contribution in [1.82, 2.24) is 20.4 Å². The molecule has 1 aromatic heterocycles. The lowest BCUT2D eigenvalue weighted by Gasteiger charge is -2.33. The number of amides is 1. The minimum Gasteiger partial charge on any atom is -0.383 e. The summed E-state index contributed by atoms with van der Waals surface area (Å²) < 4.78 is 5.28. The van der Waals surface area contributed by atoms with Gasteiger partial charge in [-0.1, -0.05) is 5.16 Å². The van der Waals surface area contributed by atoms with E-state index in [1.165, 1.54) is 0 Å². The molecule has 3 aliphatic rings. The van der Waals surface area contributed by atoms with Crippen molar-refractivity contribution in [2.75, 3.05) is 13.1 Å². The number of nitrogens with zero attached hydrogens (tertiary/aromatic N) is 3. The molecule has 2 aliphatic carbocycles. The molecule has 2 saturated carbocycles. The average Bonchev–Trinajstić information content (AvgIpc) is 3.49. The van der Waals surface area contributed by atoms with Crippen molar-refractivity contribution < 1.29 is 14.4 Å². The van der Waals surface area contributed by atoms with Crippen LogP contribution in [0.3, 0.4) is 0 Å². The van der Waals surface area contributed by atoms with Gasteiger partial charge in [0.25, 0.3) is 0 Å². The van der Waals surface area contributed by atoms with Crippen LogP contribution in [0.1, 0.15) is 56.2 Å². The molecule has 1 aliphatic heterocycles. The molecule has 0 bridgehead atoms. The Hall–Kier alpha value is -1.47. The lowest BCUT2D eigenvalue weighted by Crippen LogP contribution is -2.45. The van der Waals surface area contributed by atoms with Gasteiger partial charge >= 0.3 is 0 Å². The number of aromatic nitrogens is 2. The Kier molecular flexibility index (Phi) is 4.07. The number of hydrogen-bond donors (Lipinski definition) is 2. The summed E-state index contributed by atoms with van der Waals surface area (Å²) in [5.41, 5.74) is 0. The molecule has 7 nitrogen and oxygen atoms in total.